The van der Waals surface area contributed by atoms with E-state index in [1.54, 1.807) is 0 Å². The van der Waals surface area contributed by atoms with E-state index in [9.17, 15) is 0 Å². The molecule has 1 heterocycles. The molecule has 1 aromatic carbocycles. The Morgan fingerprint density at radius 3 is 2.53 bits per heavy atom. The molecular weight excluding hydrogens is 232 g/mol. The van der Waals surface area contributed by atoms with Crippen molar-refractivity contribution in [2.75, 3.05) is 11.2 Å². The van der Waals surface area contributed by atoms with Crippen LogP contribution in [-0.2, 0) is 0 Å². The molecule has 2 nitrogen and oxygen atoms in total. The Hall–Kier alpha value is -1.54. The van der Waals surface area contributed by atoms with Crippen LogP contribution in [0.3, 0.4) is 0 Å². The monoisotopic (exact) mass is 246 g/mol. The fourth-order valence-electron chi connectivity index (χ4n) is 1.70. The first kappa shape index (κ1) is 11.9. The van der Waals surface area contributed by atoms with Crippen molar-refractivity contribution in [3.63, 3.8) is 0 Å². The molecule has 88 valence electrons. The summed E-state index contributed by atoms with van der Waals surface area (Å²) in [5.74, 6) is 1.37. The van der Waals surface area contributed by atoms with Gasteiger partial charge in [0.25, 0.3) is 0 Å². The highest BCUT2D eigenvalue weighted by Crippen LogP contribution is 2.19. The van der Waals surface area contributed by atoms with Gasteiger partial charge in [-0.1, -0.05) is 36.4 Å². The van der Waals surface area contributed by atoms with Crippen LogP contribution in [0.15, 0.2) is 48.5 Å². The molecule has 0 aliphatic carbocycles. The van der Waals surface area contributed by atoms with Crippen LogP contribution in [0.2, 0.25) is 0 Å². The number of anilines is 1. The minimum atomic E-state index is 0.0900. The van der Waals surface area contributed by atoms with E-state index in [0.29, 0.717) is 5.88 Å². The summed E-state index contributed by atoms with van der Waals surface area (Å²) in [5.41, 5.74) is 2.17. The summed E-state index contributed by atoms with van der Waals surface area (Å²) in [4.78, 5) is 4.42. The van der Waals surface area contributed by atoms with Crippen molar-refractivity contribution >= 4 is 17.4 Å². The highest BCUT2D eigenvalue weighted by Gasteiger charge is 2.09. The number of alkyl halides is 1. The molecule has 0 fully saturated rings. The molecule has 17 heavy (non-hydrogen) atoms. The molecule has 0 spiro atoms. The Kier molecular flexibility index (Phi) is 3.99. The van der Waals surface area contributed by atoms with Crippen LogP contribution in [0.4, 0.5) is 5.82 Å². The minimum absolute atomic E-state index is 0.0900. The van der Waals surface area contributed by atoms with E-state index in [0.717, 1.165) is 11.5 Å². The molecule has 2 rings (SSSR count). The molecule has 1 N–H and O–H groups in total. The second-order valence-corrected chi connectivity index (χ2v) is 4.23. The van der Waals surface area contributed by atoms with E-state index in [1.807, 2.05) is 43.3 Å². The first-order valence-electron chi connectivity index (χ1n) is 5.60. The molecule has 0 aliphatic rings. The summed E-state index contributed by atoms with van der Waals surface area (Å²) in [6.07, 6.45) is 0. The normalized spacial score (nSPS) is 12.1. The van der Waals surface area contributed by atoms with E-state index < -0.39 is 0 Å². The maximum atomic E-state index is 6.00. The number of aromatic nitrogens is 1. The van der Waals surface area contributed by atoms with Gasteiger partial charge in [0.1, 0.15) is 5.82 Å². The first-order chi connectivity index (χ1) is 8.29. The molecule has 3 heteroatoms. The first-order valence-corrected chi connectivity index (χ1v) is 6.14. The Morgan fingerprint density at radius 1 is 1.12 bits per heavy atom. The second-order valence-electron chi connectivity index (χ2n) is 3.93. The predicted octanol–water partition coefficient (Wildman–Crippen LogP) is 3.78. The fraction of sp³-hybridized carbons (Fsp3) is 0.214. The number of aryl methyl sites for hydroxylation is 1. The van der Waals surface area contributed by atoms with Gasteiger partial charge in [-0.25, -0.2) is 4.98 Å². The van der Waals surface area contributed by atoms with Crippen LogP contribution >= 0.6 is 11.6 Å². The maximum Gasteiger partial charge on any atom is 0.126 e. The Morgan fingerprint density at radius 2 is 1.88 bits per heavy atom. The van der Waals surface area contributed by atoms with E-state index in [2.05, 4.69) is 22.4 Å². The van der Waals surface area contributed by atoms with Crippen LogP contribution in [0.25, 0.3) is 0 Å². The quantitative estimate of drug-likeness (QED) is 0.831. The van der Waals surface area contributed by atoms with Crippen molar-refractivity contribution in [1.82, 2.24) is 4.98 Å². The Balaban J connectivity index is 2.16. The molecular formula is C14H15ClN2. The summed E-state index contributed by atoms with van der Waals surface area (Å²) in [6.45, 7) is 1.98. The van der Waals surface area contributed by atoms with Crippen molar-refractivity contribution in [3.8, 4) is 0 Å². The molecule has 0 saturated carbocycles. The Bertz CT molecular complexity index is 471. The van der Waals surface area contributed by atoms with Gasteiger partial charge in [0, 0.05) is 11.6 Å². The minimum Gasteiger partial charge on any atom is -0.362 e. The number of benzene rings is 1. The van der Waals surface area contributed by atoms with Gasteiger partial charge in [0.05, 0.1) is 6.04 Å². The maximum absolute atomic E-state index is 6.00. The third-order valence-corrected chi connectivity index (χ3v) is 2.88. The molecule has 0 bridgehead atoms. The lowest BCUT2D eigenvalue weighted by Gasteiger charge is -2.17. The van der Waals surface area contributed by atoms with Crippen LogP contribution in [0.1, 0.15) is 17.3 Å². The summed E-state index contributed by atoms with van der Waals surface area (Å²) in [7, 11) is 0. The van der Waals surface area contributed by atoms with E-state index in [-0.39, 0.29) is 6.04 Å². The summed E-state index contributed by atoms with van der Waals surface area (Å²) >= 11 is 6.00. The van der Waals surface area contributed by atoms with Gasteiger partial charge in [-0.15, -0.1) is 11.6 Å². The summed E-state index contributed by atoms with van der Waals surface area (Å²) in [5, 5.41) is 3.34. The van der Waals surface area contributed by atoms with Crippen molar-refractivity contribution in [3.05, 3.63) is 59.8 Å². The zero-order chi connectivity index (χ0) is 12.1. The molecule has 0 radical (unpaired) electrons. The van der Waals surface area contributed by atoms with Gasteiger partial charge >= 0.3 is 0 Å². The average Bonchev–Trinajstić information content (AvgIpc) is 2.37. The van der Waals surface area contributed by atoms with Crippen LogP contribution in [-0.4, -0.2) is 10.9 Å². The highest BCUT2D eigenvalue weighted by atomic mass is 35.5. The number of hydrogen-bond donors (Lipinski definition) is 1. The smallest absolute Gasteiger partial charge is 0.126 e. The SMILES string of the molecule is Cc1cccc(NC(CCl)c2ccccc2)n1. The third kappa shape index (κ3) is 3.21. The van der Waals surface area contributed by atoms with E-state index in [1.165, 1.54) is 5.56 Å². The lowest BCUT2D eigenvalue weighted by atomic mass is 10.1. The summed E-state index contributed by atoms with van der Waals surface area (Å²) in [6, 6.07) is 16.2. The molecule has 1 aromatic heterocycles. The molecule has 0 aliphatic heterocycles. The molecule has 0 saturated heterocycles. The largest absolute Gasteiger partial charge is 0.362 e. The van der Waals surface area contributed by atoms with Gasteiger partial charge in [-0.3, -0.25) is 0 Å². The van der Waals surface area contributed by atoms with Gasteiger partial charge in [0.2, 0.25) is 0 Å². The van der Waals surface area contributed by atoms with Crippen molar-refractivity contribution in [2.24, 2.45) is 0 Å². The van der Waals surface area contributed by atoms with Gasteiger partial charge < -0.3 is 5.32 Å². The zero-order valence-electron chi connectivity index (χ0n) is 9.73. The Labute approximate surface area is 107 Å². The number of nitrogens with one attached hydrogen (secondary N) is 1. The highest BCUT2D eigenvalue weighted by molar-refractivity contribution is 6.18. The van der Waals surface area contributed by atoms with Crippen LogP contribution < -0.4 is 5.32 Å². The molecule has 1 atom stereocenters. The molecule has 0 amide bonds. The average molecular weight is 247 g/mol. The van der Waals surface area contributed by atoms with Gasteiger partial charge in [0.15, 0.2) is 0 Å². The van der Waals surface area contributed by atoms with E-state index in [4.69, 9.17) is 11.6 Å². The van der Waals surface area contributed by atoms with Gasteiger partial charge in [-0.2, -0.15) is 0 Å². The topological polar surface area (TPSA) is 24.9 Å². The zero-order valence-corrected chi connectivity index (χ0v) is 10.5. The number of rotatable bonds is 4. The lowest BCUT2D eigenvalue weighted by molar-refractivity contribution is 0.880. The van der Waals surface area contributed by atoms with E-state index >= 15 is 0 Å². The number of halogens is 1. The second kappa shape index (κ2) is 5.69. The number of hydrogen-bond acceptors (Lipinski definition) is 2. The summed E-state index contributed by atoms with van der Waals surface area (Å²) < 4.78 is 0. The number of pyridine rings is 1. The molecule has 1 unspecified atom stereocenters. The number of nitrogens with zero attached hydrogens (tertiary/aromatic N) is 1. The predicted molar refractivity (Wildman–Crippen MR) is 72.5 cm³/mol. The van der Waals surface area contributed by atoms with Gasteiger partial charge in [-0.05, 0) is 24.6 Å². The fourth-order valence-corrected chi connectivity index (χ4v) is 1.95. The van der Waals surface area contributed by atoms with Crippen molar-refractivity contribution in [1.29, 1.82) is 0 Å². The molecule has 2 aromatic rings. The van der Waals surface area contributed by atoms with Crippen molar-refractivity contribution in [2.45, 2.75) is 13.0 Å². The lowest BCUT2D eigenvalue weighted by Crippen LogP contribution is -2.13. The standard InChI is InChI=1S/C14H15ClN2/c1-11-6-5-9-14(16-11)17-13(10-15)12-7-3-2-4-8-12/h2-9,13H,10H2,1H3,(H,16,17). The van der Waals surface area contributed by atoms with Crippen LogP contribution in [0, 0.1) is 6.92 Å². The van der Waals surface area contributed by atoms with Crippen LogP contribution in [0.5, 0.6) is 0 Å². The third-order valence-electron chi connectivity index (χ3n) is 2.57. The van der Waals surface area contributed by atoms with Crippen molar-refractivity contribution < 1.29 is 0 Å².